The molecule has 7 heteroatoms. The molecule has 1 saturated heterocycles. The molecule has 1 aliphatic rings. The zero-order chi connectivity index (χ0) is 21.2. The summed E-state index contributed by atoms with van der Waals surface area (Å²) in [5, 5.41) is 12.5. The maximum atomic E-state index is 12.8. The number of carbonyl (C=O) groups is 1. The Balaban J connectivity index is 1.27. The quantitative estimate of drug-likeness (QED) is 0.492. The molecule has 0 spiro atoms. The maximum Gasteiger partial charge on any atom is 0.251 e. The number of nitrogens with one attached hydrogen (secondary N) is 2. The summed E-state index contributed by atoms with van der Waals surface area (Å²) < 4.78 is 0. The standard InChI is InChI=1S/C24H22ClN5O/c25-19-8-5-16(6-9-19)22-14-23(29-28-22)30-12-2-4-20(15-30)27-24(31)18-7-10-21-17(13-18)3-1-11-26-21/h1,3,5-11,13-14,20H,2,4,12,15H2,(H,27,31)(H,28,29). The van der Waals surface area contributed by atoms with E-state index in [2.05, 4.69) is 25.4 Å². The van der Waals surface area contributed by atoms with Gasteiger partial charge in [-0.25, -0.2) is 0 Å². The minimum absolute atomic E-state index is 0.0542. The van der Waals surface area contributed by atoms with Crippen LogP contribution in [0.4, 0.5) is 5.82 Å². The fourth-order valence-corrected chi connectivity index (χ4v) is 4.17. The van der Waals surface area contributed by atoms with Crippen LogP contribution in [0.1, 0.15) is 23.2 Å². The molecule has 0 saturated carbocycles. The average molecular weight is 432 g/mol. The molecule has 0 aliphatic carbocycles. The first-order chi connectivity index (χ1) is 15.2. The molecular weight excluding hydrogens is 410 g/mol. The van der Waals surface area contributed by atoms with Crippen molar-refractivity contribution in [3.8, 4) is 11.3 Å². The molecular formula is C24H22ClN5O. The van der Waals surface area contributed by atoms with Crippen LogP contribution in [0, 0.1) is 0 Å². The van der Waals surface area contributed by atoms with E-state index in [9.17, 15) is 4.79 Å². The van der Waals surface area contributed by atoms with Gasteiger partial charge in [-0.05, 0) is 54.8 Å². The molecule has 1 amide bonds. The Hall–Kier alpha value is -3.38. The van der Waals surface area contributed by atoms with Crippen molar-refractivity contribution in [2.75, 3.05) is 18.0 Å². The summed E-state index contributed by atoms with van der Waals surface area (Å²) in [6.07, 6.45) is 3.70. The Morgan fingerprint density at radius 2 is 2.00 bits per heavy atom. The lowest BCUT2D eigenvalue weighted by molar-refractivity contribution is 0.0933. The predicted octanol–water partition coefficient (Wildman–Crippen LogP) is 4.68. The van der Waals surface area contributed by atoms with Crippen LogP contribution in [-0.4, -0.2) is 40.2 Å². The minimum atomic E-state index is -0.0542. The van der Waals surface area contributed by atoms with E-state index in [1.165, 1.54) is 0 Å². The second kappa shape index (κ2) is 8.40. The smallest absolute Gasteiger partial charge is 0.251 e. The third-order valence-electron chi connectivity index (χ3n) is 5.67. The van der Waals surface area contributed by atoms with Gasteiger partial charge in [0.2, 0.25) is 0 Å². The number of anilines is 1. The number of hydrogen-bond acceptors (Lipinski definition) is 4. The molecule has 1 fully saturated rings. The number of piperidine rings is 1. The lowest BCUT2D eigenvalue weighted by Crippen LogP contribution is -2.48. The number of amides is 1. The van der Waals surface area contributed by atoms with Gasteiger partial charge in [0.1, 0.15) is 0 Å². The number of rotatable bonds is 4. The Kier molecular flexibility index (Phi) is 5.30. The molecule has 5 rings (SSSR count). The highest BCUT2D eigenvalue weighted by Gasteiger charge is 2.24. The van der Waals surface area contributed by atoms with E-state index in [0.29, 0.717) is 10.6 Å². The topological polar surface area (TPSA) is 73.9 Å². The molecule has 4 aromatic rings. The molecule has 6 nitrogen and oxygen atoms in total. The molecule has 156 valence electrons. The van der Waals surface area contributed by atoms with Crippen molar-refractivity contribution in [1.82, 2.24) is 20.5 Å². The van der Waals surface area contributed by atoms with Crippen molar-refractivity contribution >= 4 is 34.2 Å². The largest absolute Gasteiger partial charge is 0.353 e. The van der Waals surface area contributed by atoms with Crippen LogP contribution in [0.3, 0.4) is 0 Å². The van der Waals surface area contributed by atoms with Crippen molar-refractivity contribution < 1.29 is 4.79 Å². The van der Waals surface area contributed by atoms with E-state index in [0.717, 1.165) is 53.9 Å². The first-order valence-electron chi connectivity index (χ1n) is 10.4. The number of nitrogens with zero attached hydrogens (tertiary/aromatic N) is 3. The minimum Gasteiger partial charge on any atom is -0.353 e. The Morgan fingerprint density at radius 3 is 2.87 bits per heavy atom. The highest BCUT2D eigenvalue weighted by Crippen LogP contribution is 2.25. The van der Waals surface area contributed by atoms with Gasteiger partial charge in [-0.1, -0.05) is 29.8 Å². The van der Waals surface area contributed by atoms with Crippen molar-refractivity contribution in [3.63, 3.8) is 0 Å². The van der Waals surface area contributed by atoms with Crippen LogP contribution in [0.2, 0.25) is 5.02 Å². The highest BCUT2D eigenvalue weighted by atomic mass is 35.5. The molecule has 3 heterocycles. The Bertz CT molecular complexity index is 1220. The van der Waals surface area contributed by atoms with Gasteiger partial charge in [0, 0.05) is 47.4 Å². The first-order valence-corrected chi connectivity index (χ1v) is 10.8. The van der Waals surface area contributed by atoms with Crippen molar-refractivity contribution in [3.05, 3.63) is 77.4 Å². The molecule has 0 radical (unpaired) electrons. The van der Waals surface area contributed by atoms with Crippen molar-refractivity contribution in [2.24, 2.45) is 0 Å². The molecule has 2 aromatic heterocycles. The summed E-state index contributed by atoms with van der Waals surface area (Å²) in [6.45, 7) is 1.64. The van der Waals surface area contributed by atoms with E-state index in [1.54, 1.807) is 6.20 Å². The zero-order valence-corrected chi connectivity index (χ0v) is 17.6. The van der Waals surface area contributed by atoms with Crippen LogP contribution in [0.15, 0.2) is 66.9 Å². The van der Waals surface area contributed by atoms with E-state index in [1.807, 2.05) is 60.7 Å². The molecule has 1 atom stereocenters. The number of halogens is 1. The van der Waals surface area contributed by atoms with Crippen LogP contribution < -0.4 is 10.2 Å². The van der Waals surface area contributed by atoms with Crippen LogP contribution in [0.25, 0.3) is 22.2 Å². The molecule has 2 N–H and O–H groups in total. The first kappa shape index (κ1) is 19.6. The lowest BCUT2D eigenvalue weighted by atomic mass is 10.0. The second-order valence-electron chi connectivity index (χ2n) is 7.82. The van der Waals surface area contributed by atoms with Gasteiger partial charge in [0.05, 0.1) is 11.2 Å². The average Bonchev–Trinajstić information content (AvgIpc) is 3.30. The van der Waals surface area contributed by atoms with Gasteiger partial charge in [-0.2, -0.15) is 5.10 Å². The van der Waals surface area contributed by atoms with Crippen LogP contribution in [-0.2, 0) is 0 Å². The zero-order valence-electron chi connectivity index (χ0n) is 16.9. The number of carbonyl (C=O) groups excluding carboxylic acids is 1. The van der Waals surface area contributed by atoms with Crippen molar-refractivity contribution in [2.45, 2.75) is 18.9 Å². The van der Waals surface area contributed by atoms with Gasteiger partial charge in [-0.15, -0.1) is 0 Å². The fourth-order valence-electron chi connectivity index (χ4n) is 4.04. The number of aromatic amines is 1. The van der Waals surface area contributed by atoms with E-state index < -0.39 is 0 Å². The molecule has 2 aromatic carbocycles. The summed E-state index contributed by atoms with van der Waals surface area (Å²) in [7, 11) is 0. The third-order valence-corrected chi connectivity index (χ3v) is 5.92. The number of hydrogen-bond donors (Lipinski definition) is 2. The molecule has 31 heavy (non-hydrogen) atoms. The third kappa shape index (κ3) is 4.25. The van der Waals surface area contributed by atoms with E-state index >= 15 is 0 Å². The molecule has 1 aliphatic heterocycles. The normalized spacial score (nSPS) is 16.4. The van der Waals surface area contributed by atoms with E-state index in [4.69, 9.17) is 11.6 Å². The summed E-state index contributed by atoms with van der Waals surface area (Å²) in [6, 6.07) is 19.3. The summed E-state index contributed by atoms with van der Waals surface area (Å²) in [5.41, 5.74) is 3.53. The maximum absolute atomic E-state index is 12.8. The summed E-state index contributed by atoms with van der Waals surface area (Å²) in [4.78, 5) is 19.4. The van der Waals surface area contributed by atoms with Gasteiger partial charge in [0.15, 0.2) is 5.82 Å². The number of pyridine rings is 1. The lowest BCUT2D eigenvalue weighted by Gasteiger charge is -2.33. The second-order valence-corrected chi connectivity index (χ2v) is 8.25. The van der Waals surface area contributed by atoms with Gasteiger partial charge in [-0.3, -0.25) is 14.9 Å². The Labute approximate surface area is 185 Å². The fraction of sp³-hybridized carbons (Fsp3) is 0.208. The SMILES string of the molecule is O=C(NC1CCCN(c2cc(-c3ccc(Cl)cc3)[nH]n2)C1)c1ccc2ncccc2c1. The Morgan fingerprint density at radius 1 is 1.13 bits per heavy atom. The van der Waals surface area contributed by atoms with Crippen molar-refractivity contribution in [1.29, 1.82) is 0 Å². The number of benzene rings is 2. The van der Waals surface area contributed by atoms with E-state index in [-0.39, 0.29) is 11.9 Å². The molecule has 1 unspecified atom stereocenters. The van der Waals surface area contributed by atoms with Gasteiger partial charge >= 0.3 is 0 Å². The number of fused-ring (bicyclic) bond motifs is 1. The van der Waals surface area contributed by atoms with Crippen LogP contribution in [0.5, 0.6) is 0 Å². The number of aromatic nitrogens is 3. The van der Waals surface area contributed by atoms with Crippen LogP contribution >= 0.6 is 11.6 Å². The molecule has 0 bridgehead atoms. The summed E-state index contributed by atoms with van der Waals surface area (Å²) >= 11 is 5.98. The predicted molar refractivity (Wildman–Crippen MR) is 123 cm³/mol. The highest BCUT2D eigenvalue weighted by molar-refractivity contribution is 6.30. The van der Waals surface area contributed by atoms with Gasteiger partial charge in [0.25, 0.3) is 5.91 Å². The summed E-state index contributed by atoms with van der Waals surface area (Å²) in [5.74, 6) is 0.835. The number of H-pyrrole nitrogens is 1. The monoisotopic (exact) mass is 431 g/mol. The van der Waals surface area contributed by atoms with Gasteiger partial charge < -0.3 is 10.2 Å².